The summed E-state index contributed by atoms with van der Waals surface area (Å²) in [6, 6.07) is 69.6. The summed E-state index contributed by atoms with van der Waals surface area (Å²) in [5.74, 6) is 0. The van der Waals surface area contributed by atoms with Crippen LogP contribution in [0.3, 0.4) is 0 Å². The predicted molar refractivity (Wildman–Crippen MR) is 229 cm³/mol. The third-order valence-corrected chi connectivity index (χ3v) is 12.1. The lowest BCUT2D eigenvalue weighted by Crippen LogP contribution is -2.09. The fourth-order valence-corrected chi connectivity index (χ4v) is 9.60. The van der Waals surface area contributed by atoms with E-state index in [4.69, 9.17) is 4.98 Å². The van der Waals surface area contributed by atoms with Gasteiger partial charge in [0.1, 0.15) is 5.01 Å². The highest BCUT2D eigenvalue weighted by atomic mass is 32.1. The first-order valence-electron chi connectivity index (χ1n) is 17.8. The van der Waals surface area contributed by atoms with E-state index in [1.54, 1.807) is 11.3 Å². The second kappa shape index (κ2) is 13.3. The Kier molecular flexibility index (Phi) is 7.90. The average Bonchev–Trinajstić information content (AvgIpc) is 3.83. The van der Waals surface area contributed by atoms with Crippen molar-refractivity contribution >= 4 is 70.1 Å². The highest BCUT2D eigenvalue weighted by Crippen LogP contribution is 2.47. The molecule has 0 bridgehead atoms. The van der Waals surface area contributed by atoms with E-state index in [1.807, 2.05) is 11.3 Å². The molecule has 0 aliphatic rings. The van der Waals surface area contributed by atoms with Crippen LogP contribution >= 0.6 is 22.7 Å². The topological polar surface area (TPSA) is 16.1 Å². The summed E-state index contributed by atoms with van der Waals surface area (Å²) in [5.41, 5.74) is 12.7. The van der Waals surface area contributed by atoms with Gasteiger partial charge in [-0.15, -0.1) is 22.7 Å². The summed E-state index contributed by atoms with van der Waals surface area (Å²) in [5, 5.41) is 3.61. The fraction of sp³-hybridized carbons (Fsp3) is 0. The standard InChI is InChI=1S/C49H32N2S2/c1-4-12-33(13-5-1)34-20-22-35(23-21-34)36-24-28-40(29-25-36)51(39-16-8-3-9-17-39)41-30-26-37(27-31-41)46-47-42-18-10-11-19-43(42)52-44(47)32-45-48(46)50-49(53-45)38-14-6-2-7-15-38/h1-32H. The average molecular weight is 713 g/mol. The van der Waals surface area contributed by atoms with Crippen LogP contribution in [0.25, 0.3) is 74.3 Å². The lowest BCUT2D eigenvalue weighted by Gasteiger charge is -2.26. The Morgan fingerprint density at radius 3 is 1.45 bits per heavy atom. The number of fused-ring (bicyclic) bond motifs is 4. The minimum Gasteiger partial charge on any atom is -0.311 e. The molecule has 10 rings (SSSR count). The molecule has 0 aliphatic heterocycles. The smallest absolute Gasteiger partial charge is 0.124 e. The molecule has 8 aromatic carbocycles. The summed E-state index contributed by atoms with van der Waals surface area (Å²) < 4.78 is 3.80. The van der Waals surface area contributed by atoms with E-state index in [1.165, 1.54) is 58.3 Å². The predicted octanol–water partition coefficient (Wildman–Crippen LogP) is 14.8. The first-order valence-corrected chi connectivity index (χ1v) is 19.4. The molecule has 0 N–H and O–H groups in total. The molecule has 2 nitrogen and oxygen atoms in total. The van der Waals surface area contributed by atoms with Crippen LogP contribution in [0, 0.1) is 0 Å². The number of thiophene rings is 1. The Hall–Kier alpha value is -6.33. The molecule has 2 heterocycles. The molecular weight excluding hydrogens is 681 g/mol. The quantitative estimate of drug-likeness (QED) is 0.164. The number of hydrogen-bond acceptors (Lipinski definition) is 4. The molecule has 0 unspecified atom stereocenters. The Balaban J connectivity index is 1.05. The highest BCUT2D eigenvalue weighted by Gasteiger charge is 2.20. The summed E-state index contributed by atoms with van der Waals surface area (Å²) in [6.07, 6.45) is 0. The molecule has 0 aliphatic carbocycles. The number of aromatic nitrogens is 1. The van der Waals surface area contributed by atoms with Gasteiger partial charge in [0.05, 0.1) is 10.2 Å². The summed E-state index contributed by atoms with van der Waals surface area (Å²) in [4.78, 5) is 7.65. The van der Waals surface area contributed by atoms with Crippen LogP contribution in [0.15, 0.2) is 194 Å². The van der Waals surface area contributed by atoms with E-state index < -0.39 is 0 Å². The number of hydrogen-bond donors (Lipinski definition) is 0. The van der Waals surface area contributed by atoms with Gasteiger partial charge in [-0.25, -0.2) is 4.98 Å². The van der Waals surface area contributed by atoms with Crippen LogP contribution in [0.1, 0.15) is 0 Å². The summed E-state index contributed by atoms with van der Waals surface area (Å²) in [6.45, 7) is 0. The van der Waals surface area contributed by atoms with Gasteiger partial charge in [-0.05, 0) is 76.3 Å². The molecule has 0 amide bonds. The Bertz CT molecular complexity index is 2840. The molecule has 10 aromatic rings. The minimum atomic E-state index is 1.05. The maximum Gasteiger partial charge on any atom is 0.124 e. The summed E-state index contributed by atoms with van der Waals surface area (Å²) in [7, 11) is 0. The van der Waals surface area contributed by atoms with Crippen LogP contribution in [-0.4, -0.2) is 4.98 Å². The molecule has 0 radical (unpaired) electrons. The van der Waals surface area contributed by atoms with Crippen molar-refractivity contribution in [3.63, 3.8) is 0 Å². The second-order valence-electron chi connectivity index (χ2n) is 13.2. The van der Waals surface area contributed by atoms with Gasteiger partial charge in [0.2, 0.25) is 0 Å². The molecule has 53 heavy (non-hydrogen) atoms. The largest absolute Gasteiger partial charge is 0.311 e. The van der Waals surface area contributed by atoms with Gasteiger partial charge in [0.25, 0.3) is 0 Å². The van der Waals surface area contributed by atoms with Crippen molar-refractivity contribution in [2.45, 2.75) is 0 Å². The van der Waals surface area contributed by atoms with Crippen molar-refractivity contribution in [1.82, 2.24) is 4.98 Å². The van der Waals surface area contributed by atoms with Crippen LogP contribution in [-0.2, 0) is 0 Å². The van der Waals surface area contributed by atoms with Gasteiger partial charge < -0.3 is 4.90 Å². The minimum absolute atomic E-state index is 1.05. The monoisotopic (exact) mass is 712 g/mol. The second-order valence-corrected chi connectivity index (χ2v) is 15.3. The lowest BCUT2D eigenvalue weighted by atomic mass is 9.97. The Morgan fingerprint density at radius 1 is 0.358 bits per heavy atom. The molecule has 0 saturated heterocycles. The van der Waals surface area contributed by atoms with E-state index in [0.717, 1.165) is 33.1 Å². The third kappa shape index (κ3) is 5.79. The molecule has 2 aromatic heterocycles. The van der Waals surface area contributed by atoms with Gasteiger partial charge in [-0.2, -0.15) is 0 Å². The van der Waals surface area contributed by atoms with Crippen LogP contribution in [0.4, 0.5) is 17.1 Å². The van der Waals surface area contributed by atoms with Crippen molar-refractivity contribution in [3.8, 4) is 44.0 Å². The zero-order valence-electron chi connectivity index (χ0n) is 28.7. The highest BCUT2D eigenvalue weighted by molar-refractivity contribution is 7.27. The van der Waals surface area contributed by atoms with Gasteiger partial charge in [0.15, 0.2) is 0 Å². The zero-order valence-corrected chi connectivity index (χ0v) is 30.3. The van der Waals surface area contributed by atoms with E-state index >= 15 is 0 Å². The molecule has 0 saturated carbocycles. The third-order valence-electron chi connectivity index (χ3n) is 9.93. The van der Waals surface area contributed by atoms with Crippen molar-refractivity contribution in [1.29, 1.82) is 0 Å². The molecule has 0 spiro atoms. The van der Waals surface area contributed by atoms with Crippen molar-refractivity contribution in [3.05, 3.63) is 194 Å². The SMILES string of the molecule is c1ccc(-c2ccc(-c3ccc(N(c4ccccc4)c4ccc(-c5c6nc(-c7ccccc7)sc6cc6sc7ccccc7c56)cc4)cc3)cc2)cc1. The number of rotatable bonds is 7. The fourth-order valence-electron chi connectivity index (χ4n) is 7.35. The Morgan fingerprint density at radius 2 is 0.830 bits per heavy atom. The van der Waals surface area contributed by atoms with Gasteiger partial charge in [-0.3, -0.25) is 0 Å². The van der Waals surface area contributed by atoms with Crippen LogP contribution < -0.4 is 4.90 Å². The Labute approximate surface area is 316 Å². The van der Waals surface area contributed by atoms with E-state index in [0.29, 0.717) is 0 Å². The maximum atomic E-state index is 5.31. The number of nitrogens with zero attached hydrogens (tertiary/aromatic N) is 2. The van der Waals surface area contributed by atoms with E-state index in [2.05, 4.69) is 199 Å². The number of thiazole rings is 1. The molecule has 0 atom stereocenters. The molecule has 0 fully saturated rings. The van der Waals surface area contributed by atoms with E-state index in [-0.39, 0.29) is 0 Å². The zero-order chi connectivity index (χ0) is 35.1. The van der Waals surface area contributed by atoms with Crippen LogP contribution in [0.5, 0.6) is 0 Å². The van der Waals surface area contributed by atoms with Gasteiger partial charge in [-0.1, -0.05) is 146 Å². The molecule has 4 heteroatoms. The van der Waals surface area contributed by atoms with Gasteiger partial charge in [0, 0.05) is 48.4 Å². The lowest BCUT2D eigenvalue weighted by molar-refractivity contribution is 1.28. The first-order chi connectivity index (χ1) is 26.3. The van der Waals surface area contributed by atoms with Crippen molar-refractivity contribution in [2.24, 2.45) is 0 Å². The molecular formula is C49H32N2S2. The van der Waals surface area contributed by atoms with E-state index in [9.17, 15) is 0 Å². The number of anilines is 3. The molecule has 250 valence electrons. The first kappa shape index (κ1) is 31.4. The van der Waals surface area contributed by atoms with Crippen molar-refractivity contribution < 1.29 is 0 Å². The van der Waals surface area contributed by atoms with Crippen LogP contribution in [0.2, 0.25) is 0 Å². The van der Waals surface area contributed by atoms with Crippen molar-refractivity contribution in [2.75, 3.05) is 4.90 Å². The number of benzene rings is 8. The summed E-state index contributed by atoms with van der Waals surface area (Å²) >= 11 is 3.64. The normalized spacial score (nSPS) is 11.4. The number of para-hydroxylation sites is 1. The van der Waals surface area contributed by atoms with Gasteiger partial charge >= 0.3 is 0 Å². The maximum absolute atomic E-state index is 5.31.